The van der Waals surface area contributed by atoms with Crippen LogP contribution in [-0.2, 0) is 16.6 Å². The van der Waals surface area contributed by atoms with E-state index in [1.165, 1.54) is 36.3 Å². The first-order valence-electron chi connectivity index (χ1n) is 21.0. The molecule has 14 heteroatoms. The SMILES string of the molecule is C[C@@H]1CNc2c(sc3ccc4nc(-c5ccc(N6CCC(CCN7CCN(c8cccc9c8n(C)c(=O)n9C8CCC(=O)NC8=O)CC7)CC6)cc5)ccc4c23)C(=O)N1. The van der Waals surface area contributed by atoms with E-state index in [2.05, 4.69) is 85.2 Å². The lowest BCUT2D eigenvalue weighted by atomic mass is 9.93. The molecular formula is C45H49N9O4S. The van der Waals surface area contributed by atoms with Crippen molar-refractivity contribution in [3.63, 3.8) is 0 Å². The zero-order valence-electron chi connectivity index (χ0n) is 33.5. The van der Waals surface area contributed by atoms with Crippen molar-refractivity contribution < 1.29 is 14.4 Å². The summed E-state index contributed by atoms with van der Waals surface area (Å²) in [5.74, 6) is -0.00769. The molecule has 59 heavy (non-hydrogen) atoms. The molecular weight excluding hydrogens is 763 g/mol. The Kier molecular flexibility index (Phi) is 9.63. The van der Waals surface area contributed by atoms with Crippen LogP contribution in [0.5, 0.6) is 0 Å². The number of carbonyl (C=O) groups is 3. The van der Waals surface area contributed by atoms with Gasteiger partial charge in [0.25, 0.3) is 5.91 Å². The van der Waals surface area contributed by atoms with Gasteiger partial charge in [-0.25, -0.2) is 9.78 Å². The second-order valence-corrected chi connectivity index (χ2v) is 17.7. The predicted octanol–water partition coefficient (Wildman–Crippen LogP) is 5.72. The van der Waals surface area contributed by atoms with E-state index in [4.69, 9.17) is 4.98 Å². The third kappa shape index (κ3) is 6.81. The first-order chi connectivity index (χ1) is 28.7. The molecule has 4 aliphatic heterocycles. The summed E-state index contributed by atoms with van der Waals surface area (Å²) in [4.78, 5) is 64.0. The van der Waals surface area contributed by atoms with Crippen LogP contribution in [0.4, 0.5) is 17.1 Å². The number of nitrogens with zero attached hydrogens (tertiary/aromatic N) is 6. The standard InChI is InChI=1S/C45H49N9O4S/c1-27-26-46-40-39-31-10-11-32(48-33(31)12-14-37(39)59-42(40)44(57)47-27)29-6-8-30(9-7-29)52-20-17-28(18-21-52)16-19-51-22-24-53(25-23-51)34-4-3-5-35-41(34)50(2)45(58)54(35)36-13-15-38(55)49-43(36)56/h3-12,14,27-28,36,46H,13,15-26H2,1-2H3,(H,47,57)(H,49,55,56)/t27-,36?/m1/s1. The van der Waals surface area contributed by atoms with Crippen LogP contribution < -0.4 is 31.4 Å². The first kappa shape index (κ1) is 37.5. The fourth-order valence-electron chi connectivity index (χ4n) is 9.69. The van der Waals surface area contributed by atoms with Crippen molar-refractivity contribution in [2.45, 2.75) is 51.1 Å². The number of anilines is 3. The molecule has 0 spiro atoms. The van der Waals surface area contributed by atoms with Crippen molar-refractivity contribution in [3.05, 3.63) is 82.1 Å². The van der Waals surface area contributed by atoms with E-state index in [0.29, 0.717) is 18.9 Å². The van der Waals surface area contributed by atoms with Crippen molar-refractivity contribution in [3.8, 4) is 11.3 Å². The van der Waals surface area contributed by atoms with Gasteiger partial charge in [0.15, 0.2) is 0 Å². The van der Waals surface area contributed by atoms with Gasteiger partial charge in [-0.15, -0.1) is 11.3 Å². The summed E-state index contributed by atoms with van der Waals surface area (Å²) in [6.45, 7) is 9.57. The summed E-state index contributed by atoms with van der Waals surface area (Å²) < 4.78 is 4.31. The van der Waals surface area contributed by atoms with Gasteiger partial charge < -0.3 is 20.4 Å². The average molecular weight is 812 g/mol. The van der Waals surface area contributed by atoms with Crippen LogP contribution in [0, 0.1) is 5.92 Å². The number of hydrogen-bond acceptors (Lipinski definition) is 10. The topological polar surface area (TPSA) is 137 Å². The van der Waals surface area contributed by atoms with E-state index >= 15 is 0 Å². The summed E-state index contributed by atoms with van der Waals surface area (Å²) in [7, 11) is 1.77. The van der Waals surface area contributed by atoms with Gasteiger partial charge in [-0.2, -0.15) is 0 Å². The van der Waals surface area contributed by atoms with Crippen LogP contribution in [-0.4, -0.2) is 95.1 Å². The molecule has 3 saturated heterocycles. The summed E-state index contributed by atoms with van der Waals surface area (Å²) >= 11 is 1.53. The number of piperazine rings is 1. The second kappa shape index (κ2) is 15.1. The molecule has 3 fully saturated rings. The summed E-state index contributed by atoms with van der Waals surface area (Å²) in [6.07, 6.45) is 4.12. The number of pyridine rings is 1. The normalized spacial score (nSPS) is 20.8. The minimum absolute atomic E-state index is 0.0159. The van der Waals surface area contributed by atoms with Gasteiger partial charge in [0.05, 0.1) is 33.6 Å². The number of aryl methyl sites for hydroxylation is 1. The van der Waals surface area contributed by atoms with Crippen molar-refractivity contribution in [1.29, 1.82) is 0 Å². The number of para-hydroxylation sites is 1. The molecule has 3 aromatic heterocycles. The van der Waals surface area contributed by atoms with Crippen LogP contribution in [0.15, 0.2) is 71.5 Å². The molecule has 0 bridgehead atoms. The Morgan fingerprint density at radius 2 is 1.64 bits per heavy atom. The summed E-state index contributed by atoms with van der Waals surface area (Å²) in [6, 6.07) is 22.5. The van der Waals surface area contributed by atoms with Crippen LogP contribution in [0.3, 0.4) is 0 Å². The number of thiophene rings is 1. The highest BCUT2D eigenvalue weighted by atomic mass is 32.1. The van der Waals surface area contributed by atoms with Crippen molar-refractivity contribution >= 4 is 78.1 Å². The lowest BCUT2D eigenvalue weighted by Crippen LogP contribution is -2.47. The van der Waals surface area contributed by atoms with Crippen LogP contribution >= 0.6 is 11.3 Å². The fraction of sp³-hybridized carbons (Fsp3) is 0.400. The Bertz CT molecular complexity index is 2690. The van der Waals surface area contributed by atoms with Crippen molar-refractivity contribution in [2.75, 3.05) is 67.5 Å². The average Bonchev–Trinajstić information content (AvgIpc) is 3.71. The monoisotopic (exact) mass is 811 g/mol. The second-order valence-electron chi connectivity index (χ2n) is 16.7. The number of fused-ring (bicyclic) bond motifs is 6. The molecule has 13 nitrogen and oxygen atoms in total. The van der Waals surface area contributed by atoms with Gasteiger partial charge in [0, 0.05) is 92.0 Å². The third-order valence-electron chi connectivity index (χ3n) is 13.0. The predicted molar refractivity (Wildman–Crippen MR) is 235 cm³/mol. The highest BCUT2D eigenvalue weighted by molar-refractivity contribution is 7.21. The lowest BCUT2D eigenvalue weighted by molar-refractivity contribution is -0.135. The summed E-state index contributed by atoms with van der Waals surface area (Å²) in [5.41, 5.74) is 7.48. The largest absolute Gasteiger partial charge is 0.381 e. The van der Waals surface area contributed by atoms with Crippen molar-refractivity contribution in [1.82, 2.24) is 29.7 Å². The smallest absolute Gasteiger partial charge is 0.329 e. The first-order valence-corrected chi connectivity index (χ1v) is 21.8. The molecule has 0 saturated carbocycles. The molecule has 4 aliphatic rings. The Balaban J connectivity index is 0.734. The van der Waals surface area contributed by atoms with Gasteiger partial charge in [-0.3, -0.25) is 33.7 Å². The van der Waals surface area contributed by atoms with E-state index in [1.54, 1.807) is 16.2 Å². The molecule has 0 radical (unpaired) electrons. The highest BCUT2D eigenvalue weighted by Crippen LogP contribution is 2.41. The van der Waals surface area contributed by atoms with Crippen LogP contribution in [0.1, 0.15) is 54.7 Å². The Labute approximate surface area is 346 Å². The van der Waals surface area contributed by atoms with E-state index in [-0.39, 0.29) is 30.0 Å². The molecule has 1 unspecified atom stereocenters. The number of aromatic nitrogens is 3. The maximum atomic E-state index is 13.4. The quantitative estimate of drug-likeness (QED) is 0.173. The van der Waals surface area contributed by atoms with Gasteiger partial charge in [-0.05, 0) is 93.6 Å². The van der Waals surface area contributed by atoms with Crippen LogP contribution in [0.2, 0.25) is 0 Å². The van der Waals surface area contributed by atoms with Gasteiger partial charge in [0.2, 0.25) is 11.8 Å². The maximum Gasteiger partial charge on any atom is 0.329 e. The van der Waals surface area contributed by atoms with Crippen LogP contribution in [0.25, 0.3) is 43.3 Å². The minimum Gasteiger partial charge on any atom is -0.381 e. The number of rotatable bonds is 7. The molecule has 3 N–H and O–H groups in total. The molecule has 3 amide bonds. The Morgan fingerprint density at radius 1 is 0.847 bits per heavy atom. The maximum absolute atomic E-state index is 13.4. The number of hydrogen-bond donors (Lipinski definition) is 3. The number of carbonyl (C=O) groups excluding carboxylic acids is 3. The summed E-state index contributed by atoms with van der Waals surface area (Å²) in [5, 5.41) is 11.1. The molecule has 304 valence electrons. The molecule has 3 aromatic carbocycles. The molecule has 6 aromatic rings. The van der Waals surface area contributed by atoms with E-state index in [9.17, 15) is 19.2 Å². The zero-order chi connectivity index (χ0) is 40.4. The molecule has 10 rings (SSSR count). The molecule has 7 heterocycles. The number of imidazole rings is 1. The van der Waals surface area contributed by atoms with E-state index in [1.807, 2.05) is 19.1 Å². The van der Waals surface area contributed by atoms with Crippen molar-refractivity contribution in [2.24, 2.45) is 13.0 Å². The Morgan fingerprint density at radius 3 is 2.42 bits per heavy atom. The lowest BCUT2D eigenvalue weighted by Gasteiger charge is -2.38. The zero-order valence-corrected chi connectivity index (χ0v) is 34.3. The fourth-order valence-corrected chi connectivity index (χ4v) is 10.8. The number of piperidine rings is 2. The molecule has 2 atom stereocenters. The van der Waals surface area contributed by atoms with E-state index in [0.717, 1.165) is 105 Å². The third-order valence-corrected chi connectivity index (χ3v) is 14.2. The number of amides is 3. The van der Waals surface area contributed by atoms with Gasteiger partial charge in [0.1, 0.15) is 10.9 Å². The number of benzene rings is 3. The number of imide groups is 1. The van der Waals surface area contributed by atoms with Gasteiger partial charge in [-0.1, -0.05) is 18.2 Å². The molecule has 0 aliphatic carbocycles. The highest BCUT2D eigenvalue weighted by Gasteiger charge is 2.33. The van der Waals surface area contributed by atoms with Gasteiger partial charge >= 0.3 is 5.69 Å². The number of nitrogens with one attached hydrogen (secondary N) is 3. The Hall–Kier alpha value is -5.73. The minimum atomic E-state index is -0.687. The van der Waals surface area contributed by atoms with E-state index < -0.39 is 11.9 Å².